The molecular weight excluding hydrogens is 813 g/mol. The fourth-order valence-corrected chi connectivity index (χ4v) is 7.70. The van der Waals surface area contributed by atoms with E-state index < -0.39 is 6.10 Å². The molecule has 0 bridgehead atoms. The Kier molecular flexibility index (Phi) is 53.9. The van der Waals surface area contributed by atoms with E-state index in [0.29, 0.717) is 19.4 Å². The van der Waals surface area contributed by atoms with E-state index >= 15 is 0 Å². The van der Waals surface area contributed by atoms with Gasteiger partial charge in [0.2, 0.25) is 0 Å². The highest BCUT2D eigenvalue weighted by Gasteiger charge is 2.17. The number of allylic oxidation sites excluding steroid dienone is 14. The summed E-state index contributed by atoms with van der Waals surface area (Å²) in [7, 11) is 0. The maximum atomic E-state index is 12.8. The maximum absolute atomic E-state index is 12.8. The topological polar surface area (TPSA) is 61.8 Å². The third-order valence-corrected chi connectivity index (χ3v) is 11.9. The summed E-state index contributed by atoms with van der Waals surface area (Å²) in [4.78, 5) is 25.5. The molecule has 0 saturated heterocycles. The third kappa shape index (κ3) is 53.7. The summed E-state index contributed by atoms with van der Waals surface area (Å²) in [5.41, 5.74) is 0. The van der Waals surface area contributed by atoms with Crippen LogP contribution in [0.1, 0.15) is 265 Å². The number of rotatable bonds is 51. The molecule has 0 aliphatic rings. The summed E-state index contributed by atoms with van der Waals surface area (Å²) < 4.78 is 17.4. The van der Waals surface area contributed by atoms with Crippen LogP contribution in [0.3, 0.4) is 0 Å². The van der Waals surface area contributed by atoms with Crippen molar-refractivity contribution in [1.29, 1.82) is 0 Å². The molecule has 0 aromatic carbocycles. The average Bonchev–Trinajstić information content (AvgIpc) is 3.32. The minimum absolute atomic E-state index is 0.0669. The Morgan fingerprint density at radius 1 is 0.348 bits per heavy atom. The largest absolute Gasteiger partial charge is 0.462 e. The Hall–Kier alpha value is -2.92. The SMILES string of the molecule is CC/C=C\C/C=C\C/C=C\C/C=C\CCCCCCCCC(=O)OCC(COCCCCCCCC/C=C\CCCCCCCC)OC(=O)CCCCCCC/C=C\C/C=C\CCCCC. The molecule has 5 nitrogen and oxygen atoms in total. The number of unbranched alkanes of at least 4 members (excludes halogenated alkanes) is 26. The van der Waals surface area contributed by atoms with E-state index in [1.54, 1.807) is 0 Å². The van der Waals surface area contributed by atoms with Crippen molar-refractivity contribution in [2.45, 2.75) is 271 Å². The van der Waals surface area contributed by atoms with Crippen molar-refractivity contribution in [2.75, 3.05) is 19.8 Å². The van der Waals surface area contributed by atoms with Gasteiger partial charge in [0, 0.05) is 19.4 Å². The van der Waals surface area contributed by atoms with Gasteiger partial charge in [0.15, 0.2) is 6.10 Å². The van der Waals surface area contributed by atoms with Crippen LogP contribution in [0.2, 0.25) is 0 Å². The minimum atomic E-state index is -0.557. The summed E-state index contributed by atoms with van der Waals surface area (Å²) in [6.45, 7) is 7.66. The van der Waals surface area contributed by atoms with E-state index in [0.717, 1.165) is 96.3 Å². The molecular formula is C61H106O5. The van der Waals surface area contributed by atoms with Crippen LogP contribution in [0.4, 0.5) is 0 Å². The predicted molar refractivity (Wildman–Crippen MR) is 288 cm³/mol. The normalized spacial score (nSPS) is 12.8. The minimum Gasteiger partial charge on any atom is -0.462 e. The van der Waals surface area contributed by atoms with Gasteiger partial charge in [0.05, 0.1) is 6.61 Å². The zero-order valence-electron chi connectivity index (χ0n) is 43.7. The molecule has 0 rings (SSSR count). The van der Waals surface area contributed by atoms with Gasteiger partial charge >= 0.3 is 11.9 Å². The molecule has 0 aliphatic carbocycles. The molecule has 0 aromatic rings. The lowest BCUT2D eigenvalue weighted by atomic mass is 10.1. The first-order chi connectivity index (χ1) is 32.6. The number of carbonyl (C=O) groups excluding carboxylic acids is 2. The average molecular weight is 920 g/mol. The highest BCUT2D eigenvalue weighted by molar-refractivity contribution is 5.70. The number of esters is 2. The molecule has 0 N–H and O–H groups in total. The molecule has 0 radical (unpaired) electrons. The molecule has 0 saturated carbocycles. The van der Waals surface area contributed by atoms with Gasteiger partial charge in [0.25, 0.3) is 0 Å². The van der Waals surface area contributed by atoms with E-state index in [9.17, 15) is 9.59 Å². The van der Waals surface area contributed by atoms with Gasteiger partial charge in [-0.25, -0.2) is 0 Å². The molecule has 0 heterocycles. The van der Waals surface area contributed by atoms with Crippen LogP contribution in [0.15, 0.2) is 85.1 Å². The van der Waals surface area contributed by atoms with Crippen molar-refractivity contribution in [3.8, 4) is 0 Å². The standard InChI is InChI=1S/C61H106O5/c1-4-7-10-13-16-19-22-25-28-30-31-32-34-36-39-42-45-48-51-54-60(62)65-58-59(57-64-56-53-50-47-44-41-38-35-29-26-23-20-17-14-11-8-5-2)66-61(63)55-52-49-46-43-40-37-33-27-24-21-18-15-12-9-6-3/h7,10,16,18-19,21,25-29,31-33,59H,4-6,8-9,11-15,17,20,22-24,30,34-58H2,1-3H3/b10-7-,19-16-,21-18-,28-25-,29-26-,32-31-,33-27-. The second kappa shape index (κ2) is 56.4. The van der Waals surface area contributed by atoms with Crippen LogP contribution < -0.4 is 0 Å². The molecule has 380 valence electrons. The van der Waals surface area contributed by atoms with Gasteiger partial charge in [-0.15, -0.1) is 0 Å². The molecule has 66 heavy (non-hydrogen) atoms. The van der Waals surface area contributed by atoms with Crippen molar-refractivity contribution in [3.05, 3.63) is 85.1 Å². The number of ether oxygens (including phenoxy) is 3. The lowest BCUT2D eigenvalue weighted by Crippen LogP contribution is -2.30. The Morgan fingerprint density at radius 2 is 0.682 bits per heavy atom. The van der Waals surface area contributed by atoms with E-state index in [-0.39, 0.29) is 25.2 Å². The molecule has 0 amide bonds. The second-order valence-electron chi connectivity index (χ2n) is 18.4. The quantitative estimate of drug-likeness (QED) is 0.0346. The van der Waals surface area contributed by atoms with Crippen molar-refractivity contribution >= 4 is 11.9 Å². The zero-order valence-corrected chi connectivity index (χ0v) is 43.7. The fourth-order valence-electron chi connectivity index (χ4n) is 7.70. The number of carbonyl (C=O) groups is 2. The summed E-state index contributed by atoms with van der Waals surface area (Å²) in [5, 5.41) is 0. The Bertz CT molecular complexity index is 1220. The van der Waals surface area contributed by atoms with Crippen LogP contribution in [-0.4, -0.2) is 37.9 Å². The van der Waals surface area contributed by atoms with Gasteiger partial charge in [-0.05, 0) is 116 Å². The van der Waals surface area contributed by atoms with Crippen molar-refractivity contribution in [1.82, 2.24) is 0 Å². The van der Waals surface area contributed by atoms with E-state index in [4.69, 9.17) is 14.2 Å². The summed E-state index contributed by atoms with van der Waals surface area (Å²) in [6.07, 6.45) is 74.5. The number of hydrogen-bond acceptors (Lipinski definition) is 5. The maximum Gasteiger partial charge on any atom is 0.306 e. The lowest BCUT2D eigenvalue weighted by molar-refractivity contribution is -0.163. The van der Waals surface area contributed by atoms with Crippen molar-refractivity contribution in [3.63, 3.8) is 0 Å². The predicted octanol–water partition coefficient (Wildman–Crippen LogP) is 19.2. The highest BCUT2D eigenvalue weighted by Crippen LogP contribution is 2.14. The first kappa shape index (κ1) is 63.1. The summed E-state index contributed by atoms with van der Waals surface area (Å²) in [6, 6.07) is 0. The van der Waals surface area contributed by atoms with Crippen LogP contribution in [0.5, 0.6) is 0 Å². The van der Waals surface area contributed by atoms with Gasteiger partial charge in [-0.1, -0.05) is 221 Å². The first-order valence-corrected chi connectivity index (χ1v) is 28.1. The molecule has 0 fully saturated rings. The van der Waals surface area contributed by atoms with Crippen molar-refractivity contribution < 1.29 is 23.8 Å². The molecule has 0 aliphatic heterocycles. The highest BCUT2D eigenvalue weighted by atomic mass is 16.6. The molecule has 5 heteroatoms. The summed E-state index contributed by atoms with van der Waals surface area (Å²) >= 11 is 0. The van der Waals surface area contributed by atoms with Crippen LogP contribution in [-0.2, 0) is 23.8 Å². The van der Waals surface area contributed by atoms with E-state index in [1.807, 2.05) is 0 Å². The van der Waals surface area contributed by atoms with E-state index in [1.165, 1.54) is 135 Å². The summed E-state index contributed by atoms with van der Waals surface area (Å²) in [5.74, 6) is -0.429. The molecule has 0 spiro atoms. The van der Waals surface area contributed by atoms with Crippen LogP contribution in [0, 0.1) is 0 Å². The Morgan fingerprint density at radius 3 is 1.14 bits per heavy atom. The van der Waals surface area contributed by atoms with Crippen LogP contribution >= 0.6 is 0 Å². The second-order valence-corrected chi connectivity index (χ2v) is 18.4. The fraction of sp³-hybridized carbons (Fsp3) is 0.738. The Labute approximate surface area is 409 Å². The molecule has 1 unspecified atom stereocenters. The molecule has 0 aromatic heterocycles. The first-order valence-electron chi connectivity index (χ1n) is 28.1. The number of hydrogen-bond donors (Lipinski definition) is 0. The third-order valence-electron chi connectivity index (χ3n) is 11.9. The lowest BCUT2D eigenvalue weighted by Gasteiger charge is -2.18. The van der Waals surface area contributed by atoms with E-state index in [2.05, 4.69) is 106 Å². The van der Waals surface area contributed by atoms with Crippen LogP contribution in [0.25, 0.3) is 0 Å². The van der Waals surface area contributed by atoms with Gasteiger partial charge in [0.1, 0.15) is 6.61 Å². The zero-order chi connectivity index (χ0) is 47.7. The molecule has 1 atom stereocenters. The van der Waals surface area contributed by atoms with Gasteiger partial charge in [-0.2, -0.15) is 0 Å². The van der Waals surface area contributed by atoms with Crippen molar-refractivity contribution in [2.24, 2.45) is 0 Å². The smallest absolute Gasteiger partial charge is 0.306 e. The van der Waals surface area contributed by atoms with Gasteiger partial charge in [-0.3, -0.25) is 9.59 Å². The van der Waals surface area contributed by atoms with Gasteiger partial charge < -0.3 is 14.2 Å². The monoisotopic (exact) mass is 919 g/mol. The Balaban J connectivity index is 4.33.